The molecular formula is C23H36N4O3. The summed E-state index contributed by atoms with van der Waals surface area (Å²) in [5.41, 5.74) is 1.17. The van der Waals surface area contributed by atoms with Gasteiger partial charge in [-0.2, -0.15) is 0 Å². The number of carbonyl (C=O) groups is 1. The number of amides is 1. The highest BCUT2D eigenvalue weighted by Gasteiger charge is 2.33. The molecule has 1 aliphatic carbocycles. The van der Waals surface area contributed by atoms with Gasteiger partial charge in [-0.15, -0.1) is 0 Å². The summed E-state index contributed by atoms with van der Waals surface area (Å²) in [6.45, 7) is 6.10. The predicted octanol–water partition coefficient (Wildman–Crippen LogP) is 2.95. The third kappa shape index (κ3) is 5.88. The third-order valence-corrected chi connectivity index (χ3v) is 6.16. The van der Waals surface area contributed by atoms with Crippen molar-refractivity contribution in [2.45, 2.75) is 45.4 Å². The van der Waals surface area contributed by atoms with Crippen LogP contribution in [0.4, 0.5) is 5.69 Å². The maximum atomic E-state index is 12.3. The zero-order valence-electron chi connectivity index (χ0n) is 18.4. The van der Waals surface area contributed by atoms with Crippen LogP contribution >= 0.6 is 0 Å². The molecule has 30 heavy (non-hydrogen) atoms. The van der Waals surface area contributed by atoms with Gasteiger partial charge in [0.1, 0.15) is 5.75 Å². The summed E-state index contributed by atoms with van der Waals surface area (Å²) in [6, 6.07) is 7.70. The van der Waals surface area contributed by atoms with E-state index in [2.05, 4.69) is 22.5 Å². The molecule has 0 bridgehead atoms. The normalized spacial score (nSPS) is 18.1. The molecule has 0 aromatic heterocycles. The second kappa shape index (κ2) is 11.2. The van der Waals surface area contributed by atoms with Crippen LogP contribution in [0.25, 0.3) is 0 Å². The van der Waals surface area contributed by atoms with Gasteiger partial charge in [0.25, 0.3) is 5.91 Å². The minimum absolute atomic E-state index is 0.00804. The zero-order valence-corrected chi connectivity index (χ0v) is 18.4. The molecule has 0 spiro atoms. The minimum atomic E-state index is 0.00804. The van der Waals surface area contributed by atoms with Crippen LogP contribution in [0.3, 0.4) is 0 Å². The van der Waals surface area contributed by atoms with Crippen molar-refractivity contribution < 1.29 is 14.3 Å². The van der Waals surface area contributed by atoms with Gasteiger partial charge >= 0.3 is 0 Å². The van der Waals surface area contributed by atoms with Crippen LogP contribution in [-0.4, -0.2) is 58.4 Å². The Morgan fingerprint density at radius 1 is 1.27 bits per heavy atom. The smallest absolute Gasteiger partial charge is 0.265 e. The first-order valence-corrected chi connectivity index (χ1v) is 11.2. The molecule has 1 saturated carbocycles. The maximum Gasteiger partial charge on any atom is 0.265 e. The molecule has 3 rings (SSSR count). The Balaban J connectivity index is 1.43. The van der Waals surface area contributed by atoms with E-state index < -0.39 is 0 Å². The molecule has 1 amide bonds. The van der Waals surface area contributed by atoms with E-state index in [-0.39, 0.29) is 12.5 Å². The minimum Gasteiger partial charge on any atom is -0.482 e. The highest BCUT2D eigenvalue weighted by Crippen LogP contribution is 2.40. The molecule has 1 aromatic carbocycles. The van der Waals surface area contributed by atoms with Gasteiger partial charge in [-0.1, -0.05) is 25.0 Å². The number of hydrogen-bond donors (Lipinski definition) is 2. The number of nitrogens with one attached hydrogen (secondary N) is 2. The number of fused-ring (bicyclic) bond motifs is 1. The fraction of sp³-hybridized carbons (Fsp3) is 0.652. The molecule has 1 aliphatic heterocycles. The van der Waals surface area contributed by atoms with Gasteiger partial charge in [0, 0.05) is 39.9 Å². The van der Waals surface area contributed by atoms with Crippen LogP contribution in [0, 0.1) is 5.41 Å². The van der Waals surface area contributed by atoms with Crippen LogP contribution in [0.1, 0.15) is 45.4 Å². The van der Waals surface area contributed by atoms with Crippen molar-refractivity contribution >= 4 is 17.6 Å². The lowest BCUT2D eigenvalue weighted by atomic mass is 9.83. The van der Waals surface area contributed by atoms with Crippen LogP contribution in [0.5, 0.6) is 5.75 Å². The molecule has 1 aromatic rings. The van der Waals surface area contributed by atoms with E-state index in [0.29, 0.717) is 12.0 Å². The van der Waals surface area contributed by atoms with Crippen LogP contribution in [0.2, 0.25) is 0 Å². The summed E-state index contributed by atoms with van der Waals surface area (Å²) in [6.07, 6.45) is 7.04. The zero-order chi connectivity index (χ0) is 21.2. The van der Waals surface area contributed by atoms with E-state index in [0.717, 1.165) is 56.5 Å². The van der Waals surface area contributed by atoms with Gasteiger partial charge in [-0.05, 0) is 50.2 Å². The highest BCUT2D eigenvalue weighted by molar-refractivity contribution is 5.97. The summed E-state index contributed by atoms with van der Waals surface area (Å²) in [7, 11) is 1.80. The monoisotopic (exact) mass is 416 g/mol. The number of ether oxygens (including phenoxy) is 2. The summed E-state index contributed by atoms with van der Waals surface area (Å²) in [5.74, 6) is 1.61. The average Bonchev–Trinajstić information content (AvgIpc) is 3.23. The summed E-state index contributed by atoms with van der Waals surface area (Å²) in [5, 5.41) is 6.92. The van der Waals surface area contributed by atoms with Crippen LogP contribution < -0.4 is 20.3 Å². The van der Waals surface area contributed by atoms with E-state index in [4.69, 9.17) is 9.47 Å². The molecule has 0 atom stereocenters. The molecule has 7 nitrogen and oxygen atoms in total. The molecule has 0 radical (unpaired) electrons. The Morgan fingerprint density at radius 2 is 2.07 bits per heavy atom. The molecule has 166 valence electrons. The average molecular weight is 417 g/mol. The van der Waals surface area contributed by atoms with Gasteiger partial charge in [0.05, 0.1) is 5.69 Å². The van der Waals surface area contributed by atoms with E-state index in [1.807, 2.05) is 29.2 Å². The fourth-order valence-electron chi connectivity index (χ4n) is 4.41. The second-order valence-electron chi connectivity index (χ2n) is 8.16. The lowest BCUT2D eigenvalue weighted by molar-refractivity contribution is -0.121. The van der Waals surface area contributed by atoms with Gasteiger partial charge in [-0.3, -0.25) is 9.79 Å². The van der Waals surface area contributed by atoms with Crippen molar-refractivity contribution in [1.82, 2.24) is 10.6 Å². The Labute approximate surface area is 180 Å². The topological polar surface area (TPSA) is 75.2 Å². The number of guanidine groups is 1. The van der Waals surface area contributed by atoms with E-state index in [1.54, 1.807) is 7.05 Å². The molecule has 1 heterocycles. The lowest BCUT2D eigenvalue weighted by Crippen LogP contribution is -2.44. The van der Waals surface area contributed by atoms with Crippen LogP contribution in [0.15, 0.2) is 29.3 Å². The Morgan fingerprint density at radius 3 is 2.83 bits per heavy atom. The standard InChI is InChI=1S/C23H36N4O3/c1-3-29-16-13-23(11-6-7-12-23)18-26-22(24-2)25-14-8-15-27-19-9-4-5-10-20(19)30-17-21(27)28/h4-5,9-10H,3,6-8,11-18H2,1-2H3,(H2,24,25,26). The van der Waals surface area contributed by atoms with Crippen molar-refractivity contribution in [1.29, 1.82) is 0 Å². The van der Waals surface area contributed by atoms with Gasteiger partial charge in [0.15, 0.2) is 12.6 Å². The first-order valence-electron chi connectivity index (χ1n) is 11.2. The van der Waals surface area contributed by atoms with E-state index in [9.17, 15) is 4.79 Å². The Bertz CT molecular complexity index is 716. The van der Waals surface area contributed by atoms with Crippen molar-refractivity contribution in [3.63, 3.8) is 0 Å². The number of hydrogen-bond acceptors (Lipinski definition) is 4. The number of anilines is 1. The summed E-state index contributed by atoms with van der Waals surface area (Å²) >= 11 is 0. The molecule has 0 saturated heterocycles. The third-order valence-electron chi connectivity index (χ3n) is 6.16. The quantitative estimate of drug-likeness (QED) is 0.348. The summed E-state index contributed by atoms with van der Waals surface area (Å²) in [4.78, 5) is 18.5. The van der Waals surface area contributed by atoms with Crippen LogP contribution in [-0.2, 0) is 9.53 Å². The number of rotatable bonds is 10. The van der Waals surface area contributed by atoms with E-state index >= 15 is 0 Å². The van der Waals surface area contributed by atoms with Crippen molar-refractivity contribution in [2.24, 2.45) is 10.4 Å². The van der Waals surface area contributed by atoms with Gasteiger partial charge < -0.3 is 25.0 Å². The molecule has 2 aliphatic rings. The fourth-order valence-corrected chi connectivity index (χ4v) is 4.41. The number of carbonyl (C=O) groups excluding carboxylic acids is 1. The van der Waals surface area contributed by atoms with Gasteiger partial charge in [0.2, 0.25) is 0 Å². The number of benzene rings is 1. The maximum absolute atomic E-state index is 12.3. The first kappa shape index (κ1) is 22.4. The van der Waals surface area contributed by atoms with Crippen molar-refractivity contribution in [3.05, 3.63) is 24.3 Å². The second-order valence-corrected chi connectivity index (χ2v) is 8.16. The highest BCUT2D eigenvalue weighted by atomic mass is 16.5. The molecule has 0 unspecified atom stereocenters. The Hall–Kier alpha value is -2.28. The number of para-hydroxylation sites is 2. The number of nitrogens with zero attached hydrogens (tertiary/aromatic N) is 2. The predicted molar refractivity (Wildman–Crippen MR) is 120 cm³/mol. The van der Waals surface area contributed by atoms with Crippen molar-refractivity contribution in [3.8, 4) is 5.75 Å². The van der Waals surface area contributed by atoms with Gasteiger partial charge in [-0.25, -0.2) is 0 Å². The Kier molecular flexibility index (Phi) is 8.37. The molecule has 1 fully saturated rings. The SMILES string of the molecule is CCOCCC1(CNC(=NC)NCCCN2C(=O)COc3ccccc32)CCCC1. The largest absolute Gasteiger partial charge is 0.482 e. The molecular weight excluding hydrogens is 380 g/mol. The lowest BCUT2D eigenvalue weighted by Gasteiger charge is -2.30. The molecule has 2 N–H and O–H groups in total. The molecule has 7 heteroatoms. The first-order chi connectivity index (χ1) is 14.7. The number of aliphatic imine (C=N–C) groups is 1. The van der Waals surface area contributed by atoms with E-state index in [1.165, 1.54) is 25.7 Å². The van der Waals surface area contributed by atoms with Crippen molar-refractivity contribution in [2.75, 3.05) is 51.4 Å². The summed E-state index contributed by atoms with van der Waals surface area (Å²) < 4.78 is 11.1.